The number of hydrogen-bond acceptors (Lipinski definition) is 3. The molecule has 0 radical (unpaired) electrons. The van der Waals surface area contributed by atoms with Gasteiger partial charge in [-0.25, -0.2) is 4.79 Å². The third kappa shape index (κ3) is 4.31. The molecule has 0 bridgehead atoms. The molecule has 0 atom stereocenters. The van der Waals surface area contributed by atoms with Crippen LogP contribution in [-0.2, 0) is 0 Å². The van der Waals surface area contributed by atoms with Crippen molar-refractivity contribution in [2.75, 3.05) is 10.6 Å². The second kappa shape index (κ2) is 7.81. The molecule has 4 aromatic rings. The molecular formula is C23H17ClN2O3. The van der Waals surface area contributed by atoms with Crippen molar-refractivity contribution in [3.8, 4) is 11.3 Å². The van der Waals surface area contributed by atoms with E-state index in [2.05, 4.69) is 10.6 Å². The second-order valence-electron chi connectivity index (χ2n) is 6.64. The Morgan fingerprint density at radius 2 is 1.52 bits per heavy atom. The van der Waals surface area contributed by atoms with Crippen LogP contribution in [0, 0.1) is 6.92 Å². The van der Waals surface area contributed by atoms with E-state index in [0.717, 1.165) is 11.1 Å². The van der Waals surface area contributed by atoms with Crippen molar-refractivity contribution in [1.82, 2.24) is 0 Å². The highest BCUT2D eigenvalue weighted by Gasteiger charge is 2.09. The minimum absolute atomic E-state index is 0.177. The van der Waals surface area contributed by atoms with Crippen molar-refractivity contribution in [2.45, 2.75) is 6.92 Å². The van der Waals surface area contributed by atoms with Gasteiger partial charge in [-0.3, -0.25) is 4.79 Å². The lowest BCUT2D eigenvalue weighted by Gasteiger charge is -2.09. The minimum atomic E-state index is -0.424. The third-order valence-corrected chi connectivity index (χ3v) is 4.68. The fourth-order valence-corrected chi connectivity index (χ4v) is 3.05. The second-order valence-corrected chi connectivity index (χ2v) is 7.07. The summed E-state index contributed by atoms with van der Waals surface area (Å²) in [6.45, 7) is 2.00. The number of halogens is 1. The molecule has 0 aliphatic heterocycles. The molecule has 5 nitrogen and oxygen atoms in total. The van der Waals surface area contributed by atoms with E-state index in [1.165, 1.54) is 6.07 Å². The van der Waals surface area contributed by atoms with E-state index >= 15 is 0 Å². The van der Waals surface area contributed by atoms with E-state index in [0.29, 0.717) is 33.1 Å². The van der Waals surface area contributed by atoms with E-state index in [1.54, 1.807) is 42.5 Å². The third-order valence-electron chi connectivity index (χ3n) is 4.42. The molecule has 2 N–H and O–H groups in total. The van der Waals surface area contributed by atoms with Gasteiger partial charge in [-0.1, -0.05) is 41.4 Å². The highest BCUT2D eigenvalue weighted by molar-refractivity contribution is 6.30. The molecule has 29 heavy (non-hydrogen) atoms. The molecule has 144 valence electrons. The highest BCUT2D eigenvalue weighted by atomic mass is 35.5. The molecule has 0 aliphatic rings. The Hall–Kier alpha value is -3.57. The van der Waals surface area contributed by atoms with Crippen LogP contribution in [0.2, 0.25) is 5.02 Å². The number of urea groups is 1. The van der Waals surface area contributed by atoms with Crippen LogP contribution in [0.15, 0.2) is 82.0 Å². The monoisotopic (exact) mass is 404 g/mol. The molecule has 1 heterocycles. The Balaban J connectivity index is 1.57. The predicted octanol–water partition coefficient (Wildman–Crippen LogP) is 6.07. The first-order chi connectivity index (χ1) is 14.0. The summed E-state index contributed by atoms with van der Waals surface area (Å²) in [5.74, 6) is 0.503. The fourth-order valence-electron chi connectivity index (χ4n) is 2.92. The van der Waals surface area contributed by atoms with Gasteiger partial charge in [0, 0.05) is 28.0 Å². The standard InChI is InChI=1S/C23H17ClN2O3/c1-14-2-4-15(5-3-14)22-13-20(27)19-12-18(10-11-21(19)29-22)26-23(28)25-17-8-6-16(24)7-9-17/h2-13H,1H3,(H2,25,26,28). The zero-order chi connectivity index (χ0) is 20.4. The number of hydrogen-bond donors (Lipinski definition) is 2. The van der Waals surface area contributed by atoms with Gasteiger partial charge in [-0.2, -0.15) is 0 Å². The Morgan fingerprint density at radius 3 is 2.24 bits per heavy atom. The van der Waals surface area contributed by atoms with Crippen molar-refractivity contribution in [3.63, 3.8) is 0 Å². The molecule has 1 aromatic heterocycles. The zero-order valence-corrected chi connectivity index (χ0v) is 16.3. The van der Waals surface area contributed by atoms with Crippen LogP contribution in [0.25, 0.3) is 22.3 Å². The summed E-state index contributed by atoms with van der Waals surface area (Å²) in [5, 5.41) is 6.40. The Morgan fingerprint density at radius 1 is 0.862 bits per heavy atom. The molecule has 0 saturated heterocycles. The lowest BCUT2D eigenvalue weighted by atomic mass is 10.1. The van der Waals surface area contributed by atoms with Crippen LogP contribution in [0.3, 0.4) is 0 Å². The van der Waals surface area contributed by atoms with E-state index in [9.17, 15) is 9.59 Å². The van der Waals surface area contributed by atoms with Crippen LogP contribution in [0.5, 0.6) is 0 Å². The number of aryl methyl sites for hydroxylation is 1. The first-order valence-corrected chi connectivity index (χ1v) is 9.34. The molecular weight excluding hydrogens is 388 g/mol. The van der Waals surface area contributed by atoms with Gasteiger partial charge in [0.1, 0.15) is 11.3 Å². The molecule has 6 heteroatoms. The van der Waals surface area contributed by atoms with Gasteiger partial charge >= 0.3 is 6.03 Å². The largest absolute Gasteiger partial charge is 0.456 e. The van der Waals surface area contributed by atoms with Crippen molar-refractivity contribution in [3.05, 3.63) is 93.6 Å². The summed E-state index contributed by atoms with van der Waals surface area (Å²) in [4.78, 5) is 24.8. The summed E-state index contributed by atoms with van der Waals surface area (Å²) < 4.78 is 5.89. The molecule has 0 aliphatic carbocycles. The van der Waals surface area contributed by atoms with Gasteiger partial charge in [0.2, 0.25) is 0 Å². The number of carbonyl (C=O) groups excluding carboxylic acids is 1. The number of anilines is 2. The van der Waals surface area contributed by atoms with Crippen molar-refractivity contribution >= 4 is 40.0 Å². The van der Waals surface area contributed by atoms with E-state index in [-0.39, 0.29) is 5.43 Å². The Bertz CT molecular complexity index is 1250. The quantitative estimate of drug-likeness (QED) is 0.435. The number of carbonyl (C=O) groups is 1. The van der Waals surface area contributed by atoms with Crippen LogP contribution in [-0.4, -0.2) is 6.03 Å². The van der Waals surface area contributed by atoms with Gasteiger partial charge < -0.3 is 15.1 Å². The molecule has 0 fully saturated rings. The van der Waals surface area contributed by atoms with E-state index in [4.69, 9.17) is 16.0 Å². The maximum Gasteiger partial charge on any atom is 0.323 e. The lowest BCUT2D eigenvalue weighted by molar-refractivity contribution is 0.262. The maximum absolute atomic E-state index is 12.6. The van der Waals surface area contributed by atoms with Crippen molar-refractivity contribution in [1.29, 1.82) is 0 Å². The fraction of sp³-hybridized carbons (Fsp3) is 0.0435. The lowest BCUT2D eigenvalue weighted by Crippen LogP contribution is -2.19. The summed E-state index contributed by atoms with van der Waals surface area (Å²) in [5.41, 5.74) is 3.33. The highest BCUT2D eigenvalue weighted by Crippen LogP contribution is 2.24. The number of fused-ring (bicyclic) bond motifs is 1. The van der Waals surface area contributed by atoms with Gasteiger partial charge in [0.25, 0.3) is 0 Å². The first-order valence-electron chi connectivity index (χ1n) is 8.96. The molecule has 4 rings (SSSR count). The van der Waals surface area contributed by atoms with Crippen LogP contribution < -0.4 is 16.1 Å². The van der Waals surface area contributed by atoms with E-state index < -0.39 is 6.03 Å². The van der Waals surface area contributed by atoms with Crippen LogP contribution >= 0.6 is 11.6 Å². The van der Waals surface area contributed by atoms with Gasteiger partial charge in [-0.05, 0) is 49.4 Å². The molecule has 3 aromatic carbocycles. The number of nitrogens with one attached hydrogen (secondary N) is 2. The van der Waals surface area contributed by atoms with E-state index in [1.807, 2.05) is 31.2 Å². The topological polar surface area (TPSA) is 71.3 Å². The summed E-state index contributed by atoms with van der Waals surface area (Å²) in [7, 11) is 0. The average molecular weight is 405 g/mol. The van der Waals surface area contributed by atoms with Crippen LogP contribution in [0.1, 0.15) is 5.56 Å². The average Bonchev–Trinajstić information content (AvgIpc) is 2.70. The Kier molecular flexibility index (Phi) is 5.06. The van der Waals surface area contributed by atoms with Crippen molar-refractivity contribution < 1.29 is 9.21 Å². The number of amides is 2. The number of benzene rings is 3. The molecule has 0 unspecified atom stereocenters. The molecule has 0 spiro atoms. The maximum atomic E-state index is 12.6. The summed E-state index contributed by atoms with van der Waals surface area (Å²) in [6.07, 6.45) is 0. The number of rotatable bonds is 3. The zero-order valence-electron chi connectivity index (χ0n) is 15.5. The van der Waals surface area contributed by atoms with Gasteiger partial charge in [-0.15, -0.1) is 0 Å². The minimum Gasteiger partial charge on any atom is -0.456 e. The first kappa shape index (κ1) is 18.8. The molecule has 2 amide bonds. The molecule has 0 saturated carbocycles. The van der Waals surface area contributed by atoms with Gasteiger partial charge in [0.05, 0.1) is 5.39 Å². The summed E-state index contributed by atoms with van der Waals surface area (Å²) in [6, 6.07) is 20.5. The normalized spacial score (nSPS) is 10.7. The van der Waals surface area contributed by atoms with Crippen LogP contribution in [0.4, 0.5) is 16.2 Å². The SMILES string of the molecule is Cc1ccc(-c2cc(=O)c3cc(NC(=O)Nc4ccc(Cl)cc4)ccc3o2)cc1. The Labute approximate surface area is 171 Å². The predicted molar refractivity (Wildman–Crippen MR) is 117 cm³/mol. The van der Waals surface area contributed by atoms with Gasteiger partial charge in [0.15, 0.2) is 5.43 Å². The smallest absolute Gasteiger partial charge is 0.323 e. The van der Waals surface area contributed by atoms with Crippen molar-refractivity contribution in [2.24, 2.45) is 0 Å². The summed E-state index contributed by atoms with van der Waals surface area (Å²) >= 11 is 5.84.